The Kier molecular flexibility index (Phi) is 1.71. The van der Waals surface area contributed by atoms with Crippen molar-refractivity contribution in [2.75, 3.05) is 0 Å². The Morgan fingerprint density at radius 2 is 2.33 bits per heavy atom. The first-order valence-electron chi connectivity index (χ1n) is 3.09. The minimum Gasteiger partial charge on any atom is -0.363 e. The summed E-state index contributed by atoms with van der Waals surface area (Å²) < 4.78 is 0. The highest BCUT2D eigenvalue weighted by Crippen LogP contribution is 2.18. The fraction of sp³-hybridized carbons (Fsp3) is 0.833. The summed E-state index contributed by atoms with van der Waals surface area (Å²) in [4.78, 5) is 4.55. The minimum absolute atomic E-state index is 0.0741. The summed E-state index contributed by atoms with van der Waals surface area (Å²) in [7, 11) is 0. The van der Waals surface area contributed by atoms with E-state index in [9.17, 15) is 0 Å². The van der Waals surface area contributed by atoms with Crippen molar-refractivity contribution in [3.05, 3.63) is 0 Å². The zero-order valence-electron chi connectivity index (χ0n) is 5.61. The van der Waals surface area contributed by atoms with Gasteiger partial charge in [-0.25, -0.2) is 0 Å². The number of rotatable bonds is 1. The maximum absolute atomic E-state index is 9.01. The van der Waals surface area contributed by atoms with Gasteiger partial charge in [0.05, 0.1) is 12.1 Å². The van der Waals surface area contributed by atoms with Crippen LogP contribution in [0.25, 0.3) is 0 Å². The number of aliphatic hydroxyl groups is 1. The van der Waals surface area contributed by atoms with Gasteiger partial charge in [0.25, 0.3) is 0 Å². The summed E-state index contributed by atoms with van der Waals surface area (Å²) in [6.07, 6.45) is 0.931. The van der Waals surface area contributed by atoms with E-state index in [-0.39, 0.29) is 5.92 Å². The molecule has 0 aromatic carbocycles. The summed E-state index contributed by atoms with van der Waals surface area (Å²) >= 11 is 0. The minimum atomic E-state index is -0.718. The number of oxime groups is 1. The Morgan fingerprint density at radius 3 is 2.56 bits per heavy atom. The molecule has 1 aliphatic rings. The topological polar surface area (TPSA) is 41.8 Å². The van der Waals surface area contributed by atoms with Crippen molar-refractivity contribution >= 4 is 6.21 Å². The second-order valence-corrected chi connectivity index (χ2v) is 2.57. The normalized spacial score (nSPS) is 33.3. The molecule has 0 aromatic heterocycles. The third kappa shape index (κ3) is 1.21. The average Bonchev–Trinajstić information content (AvgIpc) is 2.13. The molecule has 1 heterocycles. The summed E-state index contributed by atoms with van der Waals surface area (Å²) in [6.45, 7) is 4.04. The first kappa shape index (κ1) is 6.55. The molecule has 0 bridgehead atoms. The van der Waals surface area contributed by atoms with Crippen molar-refractivity contribution in [1.29, 1.82) is 0 Å². The van der Waals surface area contributed by atoms with Crippen LogP contribution in [0.3, 0.4) is 0 Å². The Labute approximate surface area is 54.3 Å². The molecule has 3 heteroatoms. The summed E-state index contributed by atoms with van der Waals surface area (Å²) in [5.74, 6) is 0.469. The standard InChI is InChI=1S/C6H11NO2/c1-4(2)5-3-7-9-6(5)8/h3-6,8H,1-2H3. The van der Waals surface area contributed by atoms with Crippen molar-refractivity contribution in [2.24, 2.45) is 17.0 Å². The Balaban J connectivity index is 2.49. The molecule has 2 unspecified atom stereocenters. The van der Waals surface area contributed by atoms with Gasteiger partial charge in [0, 0.05) is 0 Å². The lowest BCUT2D eigenvalue weighted by atomic mass is 9.97. The van der Waals surface area contributed by atoms with E-state index in [2.05, 4.69) is 9.99 Å². The molecule has 1 rings (SSSR count). The molecule has 0 spiro atoms. The lowest BCUT2D eigenvalue weighted by molar-refractivity contribution is -0.106. The molecule has 0 saturated carbocycles. The van der Waals surface area contributed by atoms with Crippen LogP contribution in [-0.4, -0.2) is 17.6 Å². The smallest absolute Gasteiger partial charge is 0.232 e. The van der Waals surface area contributed by atoms with Crippen LogP contribution in [0.5, 0.6) is 0 Å². The van der Waals surface area contributed by atoms with Gasteiger partial charge in [-0.15, -0.1) is 0 Å². The van der Waals surface area contributed by atoms with Gasteiger partial charge in [-0.05, 0) is 5.92 Å². The predicted octanol–water partition coefficient (Wildman–Crippen LogP) is 0.593. The second kappa shape index (κ2) is 2.35. The molecule has 1 N–H and O–H groups in total. The number of hydrogen-bond acceptors (Lipinski definition) is 3. The van der Waals surface area contributed by atoms with Crippen LogP contribution >= 0.6 is 0 Å². The van der Waals surface area contributed by atoms with Crippen LogP contribution in [0.15, 0.2) is 5.16 Å². The zero-order chi connectivity index (χ0) is 6.85. The van der Waals surface area contributed by atoms with Crippen LogP contribution in [0, 0.1) is 11.8 Å². The SMILES string of the molecule is CC(C)C1C=NOC1O. The predicted molar refractivity (Wildman–Crippen MR) is 33.9 cm³/mol. The van der Waals surface area contributed by atoms with Crippen LogP contribution < -0.4 is 0 Å². The van der Waals surface area contributed by atoms with Crippen molar-refractivity contribution in [3.8, 4) is 0 Å². The van der Waals surface area contributed by atoms with Crippen LogP contribution in [0.2, 0.25) is 0 Å². The van der Waals surface area contributed by atoms with Crippen LogP contribution in [0.4, 0.5) is 0 Å². The number of nitrogens with zero attached hydrogens (tertiary/aromatic N) is 1. The first-order valence-corrected chi connectivity index (χ1v) is 3.09. The molecule has 0 aromatic rings. The lowest BCUT2D eigenvalue weighted by Gasteiger charge is -2.12. The highest BCUT2D eigenvalue weighted by Gasteiger charge is 2.26. The monoisotopic (exact) mass is 129 g/mol. The Hall–Kier alpha value is -0.570. The zero-order valence-corrected chi connectivity index (χ0v) is 5.61. The third-order valence-corrected chi connectivity index (χ3v) is 1.50. The van der Waals surface area contributed by atoms with Gasteiger partial charge in [0.15, 0.2) is 0 Å². The molecule has 0 radical (unpaired) electrons. The maximum Gasteiger partial charge on any atom is 0.232 e. The number of hydrogen-bond donors (Lipinski definition) is 1. The van der Waals surface area contributed by atoms with Gasteiger partial charge in [-0.1, -0.05) is 19.0 Å². The van der Waals surface area contributed by atoms with Gasteiger partial charge < -0.3 is 9.94 Å². The molecule has 0 aliphatic carbocycles. The summed E-state index contributed by atoms with van der Waals surface area (Å²) in [6, 6.07) is 0. The van der Waals surface area contributed by atoms with Crippen molar-refractivity contribution in [3.63, 3.8) is 0 Å². The van der Waals surface area contributed by atoms with Crippen molar-refractivity contribution in [1.82, 2.24) is 0 Å². The van der Waals surface area contributed by atoms with Gasteiger partial charge in [0.1, 0.15) is 0 Å². The lowest BCUT2D eigenvalue weighted by Crippen LogP contribution is -2.22. The van der Waals surface area contributed by atoms with Crippen molar-refractivity contribution < 1.29 is 9.94 Å². The fourth-order valence-corrected chi connectivity index (χ4v) is 0.813. The highest BCUT2D eigenvalue weighted by molar-refractivity contribution is 5.62. The van der Waals surface area contributed by atoms with E-state index in [4.69, 9.17) is 5.11 Å². The Bertz CT molecular complexity index is 122. The van der Waals surface area contributed by atoms with E-state index in [1.807, 2.05) is 13.8 Å². The molecule has 0 saturated heterocycles. The van der Waals surface area contributed by atoms with Crippen LogP contribution in [0.1, 0.15) is 13.8 Å². The first-order chi connectivity index (χ1) is 4.22. The van der Waals surface area contributed by atoms with E-state index >= 15 is 0 Å². The highest BCUT2D eigenvalue weighted by atomic mass is 16.7. The largest absolute Gasteiger partial charge is 0.363 e. The van der Waals surface area contributed by atoms with E-state index in [1.54, 1.807) is 6.21 Å². The molecule has 9 heavy (non-hydrogen) atoms. The third-order valence-electron chi connectivity index (χ3n) is 1.50. The maximum atomic E-state index is 9.01. The molecule has 3 nitrogen and oxygen atoms in total. The van der Waals surface area contributed by atoms with Gasteiger partial charge in [-0.2, -0.15) is 0 Å². The van der Waals surface area contributed by atoms with E-state index < -0.39 is 6.29 Å². The second-order valence-electron chi connectivity index (χ2n) is 2.57. The Morgan fingerprint density at radius 1 is 1.67 bits per heavy atom. The molecule has 1 aliphatic heterocycles. The van der Waals surface area contributed by atoms with Gasteiger partial charge in [0.2, 0.25) is 6.29 Å². The molecule has 2 atom stereocenters. The van der Waals surface area contributed by atoms with E-state index in [0.29, 0.717) is 5.92 Å². The molecule has 0 fully saturated rings. The molecular formula is C6H11NO2. The van der Waals surface area contributed by atoms with Gasteiger partial charge >= 0.3 is 0 Å². The molecular weight excluding hydrogens is 118 g/mol. The van der Waals surface area contributed by atoms with Gasteiger partial charge in [-0.3, -0.25) is 0 Å². The van der Waals surface area contributed by atoms with E-state index in [1.165, 1.54) is 0 Å². The summed E-state index contributed by atoms with van der Waals surface area (Å²) in [5, 5.41) is 12.5. The van der Waals surface area contributed by atoms with E-state index in [0.717, 1.165) is 0 Å². The average molecular weight is 129 g/mol. The number of aliphatic hydroxyl groups excluding tert-OH is 1. The van der Waals surface area contributed by atoms with Crippen LogP contribution in [-0.2, 0) is 4.84 Å². The quantitative estimate of drug-likeness (QED) is 0.563. The summed E-state index contributed by atoms with van der Waals surface area (Å²) in [5.41, 5.74) is 0. The van der Waals surface area contributed by atoms with Crippen molar-refractivity contribution in [2.45, 2.75) is 20.1 Å². The molecule has 0 amide bonds. The fourth-order valence-electron chi connectivity index (χ4n) is 0.813. The molecule has 52 valence electrons.